The summed E-state index contributed by atoms with van der Waals surface area (Å²) in [6.07, 6.45) is 0. The van der Waals surface area contributed by atoms with E-state index in [2.05, 4.69) is 5.32 Å². The Bertz CT molecular complexity index is 1090. The van der Waals surface area contributed by atoms with Crippen LogP contribution in [0.2, 0.25) is 0 Å². The highest BCUT2D eigenvalue weighted by molar-refractivity contribution is 7.89. The lowest BCUT2D eigenvalue weighted by Gasteiger charge is -2.17. The molecular weight excluding hydrogens is 395 g/mol. The zero-order valence-corrected chi connectivity index (χ0v) is 16.4. The van der Waals surface area contributed by atoms with Gasteiger partial charge in [0.2, 0.25) is 15.9 Å². The Labute approximate surface area is 168 Å². The van der Waals surface area contributed by atoms with Crippen LogP contribution in [0.5, 0.6) is 11.5 Å². The second-order valence-corrected chi connectivity index (χ2v) is 8.25. The van der Waals surface area contributed by atoms with Crippen molar-refractivity contribution < 1.29 is 22.3 Å². The minimum absolute atomic E-state index is 0.0903. The molecule has 0 unspecified atom stereocenters. The third-order valence-electron chi connectivity index (χ3n) is 3.98. The summed E-state index contributed by atoms with van der Waals surface area (Å²) in [6, 6.07) is 20.4. The Balaban J connectivity index is 1.64. The molecule has 1 N–H and O–H groups in total. The van der Waals surface area contributed by atoms with Gasteiger partial charge in [-0.25, -0.2) is 12.8 Å². The number of anilines is 1. The van der Waals surface area contributed by atoms with Crippen LogP contribution in [0.25, 0.3) is 0 Å². The van der Waals surface area contributed by atoms with E-state index < -0.39 is 28.3 Å². The first kappa shape index (κ1) is 20.5. The third-order valence-corrected chi connectivity index (χ3v) is 5.80. The summed E-state index contributed by atoms with van der Waals surface area (Å²) >= 11 is 0. The molecule has 0 heterocycles. The fourth-order valence-corrected chi connectivity index (χ4v) is 3.66. The van der Waals surface area contributed by atoms with Gasteiger partial charge in [0.25, 0.3) is 0 Å². The molecule has 0 saturated carbocycles. The van der Waals surface area contributed by atoms with E-state index in [1.54, 1.807) is 36.4 Å². The number of carbonyl (C=O) groups is 1. The summed E-state index contributed by atoms with van der Waals surface area (Å²) in [5, 5.41) is 2.65. The Morgan fingerprint density at radius 2 is 1.62 bits per heavy atom. The lowest BCUT2D eigenvalue weighted by molar-refractivity contribution is -0.116. The number of ether oxygens (including phenoxy) is 1. The van der Waals surface area contributed by atoms with Crippen molar-refractivity contribution in [1.82, 2.24) is 4.31 Å². The lowest BCUT2D eigenvalue weighted by atomic mass is 10.3. The number of likely N-dealkylation sites (N-methyl/N-ethyl adjacent to an activating group) is 1. The molecule has 0 atom stereocenters. The number of rotatable bonds is 7. The molecule has 0 aliphatic carbocycles. The average Bonchev–Trinajstić information content (AvgIpc) is 2.69. The highest BCUT2D eigenvalue weighted by Gasteiger charge is 2.23. The van der Waals surface area contributed by atoms with Gasteiger partial charge in [-0.3, -0.25) is 4.79 Å². The van der Waals surface area contributed by atoms with Crippen LogP contribution in [-0.2, 0) is 14.8 Å². The van der Waals surface area contributed by atoms with E-state index in [-0.39, 0.29) is 4.90 Å². The molecule has 0 aromatic heterocycles. The van der Waals surface area contributed by atoms with Crippen LogP contribution in [0.1, 0.15) is 0 Å². The van der Waals surface area contributed by atoms with Crippen LogP contribution in [0.4, 0.5) is 10.1 Å². The summed E-state index contributed by atoms with van der Waals surface area (Å²) < 4.78 is 44.6. The van der Waals surface area contributed by atoms with E-state index in [4.69, 9.17) is 4.74 Å². The van der Waals surface area contributed by atoms with Gasteiger partial charge >= 0.3 is 0 Å². The Morgan fingerprint density at radius 3 is 2.31 bits per heavy atom. The van der Waals surface area contributed by atoms with Crippen molar-refractivity contribution in [3.63, 3.8) is 0 Å². The quantitative estimate of drug-likeness (QED) is 0.637. The molecule has 3 aromatic carbocycles. The van der Waals surface area contributed by atoms with Gasteiger partial charge in [0.05, 0.1) is 11.4 Å². The Morgan fingerprint density at radius 1 is 0.966 bits per heavy atom. The number of benzene rings is 3. The molecule has 150 valence electrons. The van der Waals surface area contributed by atoms with E-state index in [0.717, 1.165) is 28.6 Å². The molecule has 1 amide bonds. The molecule has 29 heavy (non-hydrogen) atoms. The van der Waals surface area contributed by atoms with Gasteiger partial charge in [-0.2, -0.15) is 4.31 Å². The summed E-state index contributed by atoms with van der Waals surface area (Å²) in [4.78, 5) is 12.2. The normalized spacial score (nSPS) is 11.3. The predicted molar refractivity (Wildman–Crippen MR) is 108 cm³/mol. The van der Waals surface area contributed by atoms with Crippen molar-refractivity contribution in [1.29, 1.82) is 0 Å². The van der Waals surface area contributed by atoms with Gasteiger partial charge in [-0.05, 0) is 48.5 Å². The molecule has 0 aliphatic rings. The van der Waals surface area contributed by atoms with Crippen molar-refractivity contribution in [2.75, 3.05) is 18.9 Å². The maximum atomic E-state index is 13.0. The molecule has 0 fully saturated rings. The molecule has 0 saturated heterocycles. The van der Waals surface area contributed by atoms with Gasteiger partial charge in [0.15, 0.2) is 0 Å². The highest BCUT2D eigenvalue weighted by atomic mass is 32.2. The highest BCUT2D eigenvalue weighted by Crippen LogP contribution is 2.24. The lowest BCUT2D eigenvalue weighted by Crippen LogP contribution is -2.34. The molecule has 0 spiro atoms. The topological polar surface area (TPSA) is 75.7 Å². The van der Waals surface area contributed by atoms with E-state index in [9.17, 15) is 17.6 Å². The van der Waals surface area contributed by atoms with Crippen molar-refractivity contribution in [3.8, 4) is 11.5 Å². The number of para-hydroxylation sites is 1. The van der Waals surface area contributed by atoms with Gasteiger partial charge < -0.3 is 10.1 Å². The third kappa shape index (κ3) is 5.40. The van der Waals surface area contributed by atoms with Crippen molar-refractivity contribution in [2.45, 2.75) is 4.90 Å². The first-order valence-electron chi connectivity index (χ1n) is 8.69. The molecule has 0 aliphatic heterocycles. The Hall–Kier alpha value is -3.23. The molecule has 0 bridgehead atoms. The number of hydrogen-bond acceptors (Lipinski definition) is 4. The molecule has 8 heteroatoms. The van der Waals surface area contributed by atoms with E-state index in [1.165, 1.54) is 7.05 Å². The van der Waals surface area contributed by atoms with Gasteiger partial charge in [-0.15, -0.1) is 0 Å². The number of nitrogens with zero attached hydrogens (tertiary/aromatic N) is 1. The van der Waals surface area contributed by atoms with Crippen LogP contribution >= 0.6 is 0 Å². The maximum Gasteiger partial charge on any atom is 0.243 e. The fourth-order valence-electron chi connectivity index (χ4n) is 2.54. The summed E-state index contributed by atoms with van der Waals surface area (Å²) in [5.74, 6) is 0.124. The second kappa shape index (κ2) is 8.85. The van der Waals surface area contributed by atoms with Gasteiger partial charge in [-0.1, -0.05) is 24.3 Å². The average molecular weight is 414 g/mol. The van der Waals surface area contributed by atoms with Crippen LogP contribution in [0.3, 0.4) is 0 Å². The molecular formula is C21H19FN2O4S. The van der Waals surface area contributed by atoms with E-state index in [1.807, 2.05) is 18.2 Å². The van der Waals surface area contributed by atoms with E-state index >= 15 is 0 Å². The molecule has 3 aromatic rings. The van der Waals surface area contributed by atoms with Crippen LogP contribution < -0.4 is 10.1 Å². The number of amides is 1. The minimum atomic E-state index is -3.91. The van der Waals surface area contributed by atoms with Crippen LogP contribution in [-0.4, -0.2) is 32.2 Å². The largest absolute Gasteiger partial charge is 0.457 e. The van der Waals surface area contributed by atoms with Gasteiger partial charge in [0, 0.05) is 18.8 Å². The standard InChI is InChI=1S/C21H19FN2O4S/c1-24(29(26,27)20-12-10-16(22)11-13-20)15-21(25)23-17-6-5-9-19(14-17)28-18-7-3-2-4-8-18/h2-14H,15H2,1H3,(H,23,25). The fraction of sp³-hybridized carbons (Fsp3) is 0.0952. The minimum Gasteiger partial charge on any atom is -0.457 e. The number of halogens is 1. The van der Waals surface area contributed by atoms with E-state index in [0.29, 0.717) is 17.2 Å². The predicted octanol–water partition coefficient (Wildman–Crippen LogP) is 3.88. The van der Waals surface area contributed by atoms with Crippen molar-refractivity contribution in [3.05, 3.63) is 84.7 Å². The number of hydrogen-bond donors (Lipinski definition) is 1. The second-order valence-electron chi connectivity index (χ2n) is 6.21. The van der Waals surface area contributed by atoms with Crippen molar-refractivity contribution in [2.24, 2.45) is 0 Å². The van der Waals surface area contributed by atoms with Crippen LogP contribution in [0, 0.1) is 5.82 Å². The van der Waals surface area contributed by atoms with Gasteiger partial charge in [0.1, 0.15) is 17.3 Å². The number of sulfonamides is 1. The first-order chi connectivity index (χ1) is 13.8. The number of carbonyl (C=O) groups excluding carboxylic acids is 1. The Kier molecular flexibility index (Phi) is 6.26. The van der Waals surface area contributed by atoms with Crippen molar-refractivity contribution >= 4 is 21.6 Å². The summed E-state index contributed by atoms with van der Waals surface area (Å²) in [6.45, 7) is -0.399. The summed E-state index contributed by atoms with van der Waals surface area (Å²) in [7, 11) is -2.63. The maximum absolute atomic E-state index is 13.0. The number of nitrogens with one attached hydrogen (secondary N) is 1. The molecule has 6 nitrogen and oxygen atoms in total. The monoisotopic (exact) mass is 414 g/mol. The smallest absolute Gasteiger partial charge is 0.243 e. The zero-order valence-electron chi connectivity index (χ0n) is 15.6. The summed E-state index contributed by atoms with van der Waals surface area (Å²) in [5.41, 5.74) is 0.469. The van der Waals surface area contributed by atoms with Crippen LogP contribution in [0.15, 0.2) is 83.8 Å². The zero-order chi connectivity index (χ0) is 20.9. The first-order valence-corrected chi connectivity index (χ1v) is 10.1. The molecule has 3 rings (SSSR count). The molecule has 0 radical (unpaired) electrons. The SMILES string of the molecule is CN(CC(=O)Nc1cccc(Oc2ccccc2)c1)S(=O)(=O)c1ccc(F)cc1.